The molecule has 0 aromatic rings. The molecule has 1 saturated heterocycles. The van der Waals surface area contributed by atoms with Gasteiger partial charge in [0.25, 0.3) is 0 Å². The van der Waals surface area contributed by atoms with Gasteiger partial charge in [-0.2, -0.15) is 0 Å². The van der Waals surface area contributed by atoms with Crippen molar-refractivity contribution in [2.45, 2.75) is 105 Å². The Balaban J connectivity index is 1.52. The third-order valence-electron chi connectivity index (χ3n) is 8.81. The maximum Gasteiger partial charge on any atom is 0.215 e. The Kier molecular flexibility index (Phi) is 11.2. The number of ketones is 1. The van der Waals surface area contributed by atoms with E-state index in [1.165, 1.54) is 6.92 Å². The van der Waals surface area contributed by atoms with Crippen LogP contribution in [0, 0.1) is 5.92 Å². The molecule has 0 bridgehead atoms. The molecule has 2 heterocycles. The predicted octanol–water partition coefficient (Wildman–Crippen LogP) is -5.20. The number of carbonyl (C=O) groups excluding carboxylic acids is 1. The molecular formula is C27H49N7O10. The van der Waals surface area contributed by atoms with Crippen LogP contribution < -0.4 is 33.6 Å². The highest BCUT2D eigenvalue weighted by atomic mass is 16.7. The average molecular weight is 632 g/mol. The highest BCUT2D eigenvalue weighted by molar-refractivity contribution is 5.92. The van der Waals surface area contributed by atoms with Crippen molar-refractivity contribution >= 4 is 11.7 Å². The van der Waals surface area contributed by atoms with Crippen LogP contribution in [-0.4, -0.2) is 143 Å². The van der Waals surface area contributed by atoms with Crippen molar-refractivity contribution in [3.05, 3.63) is 11.8 Å². The van der Waals surface area contributed by atoms with Crippen molar-refractivity contribution in [2.24, 2.45) is 33.8 Å². The number of nitrogens with two attached hydrogens (primary N) is 4. The van der Waals surface area contributed by atoms with Crippen LogP contribution in [-0.2, 0) is 23.7 Å². The Hall–Kier alpha value is -2.00. The van der Waals surface area contributed by atoms with Crippen molar-refractivity contribution in [1.29, 1.82) is 0 Å². The van der Waals surface area contributed by atoms with Gasteiger partial charge in [0.05, 0.1) is 44.0 Å². The van der Waals surface area contributed by atoms with Crippen LogP contribution >= 0.6 is 0 Å². The van der Waals surface area contributed by atoms with Gasteiger partial charge in [-0.05, 0) is 38.8 Å². The van der Waals surface area contributed by atoms with E-state index in [4.69, 9.17) is 47.0 Å². The lowest BCUT2D eigenvalue weighted by Gasteiger charge is -2.48. The third-order valence-corrected chi connectivity index (χ3v) is 8.81. The normalized spacial score (nSPS) is 43.9. The summed E-state index contributed by atoms with van der Waals surface area (Å²) in [7, 11) is 1.57. The molecule has 4 aliphatic rings. The van der Waals surface area contributed by atoms with Crippen LogP contribution in [0.15, 0.2) is 16.8 Å². The first-order valence-electron chi connectivity index (χ1n) is 14.9. The smallest absolute Gasteiger partial charge is 0.215 e. The standard InChI is InChI=1S/C27H49N7O10/c1-26(39)11-41-24(19(38)22(26)32-2)43-20-12(8-17(36)27(40)9-16(27)34-25(30)31)7-15(29)21(18(20)37)44-23-14(28)4-3-13(42-23)10-33-5-6-35/h3,12,14-16,18-24,32-33,35,37-40H,4-11,28-29H2,1-2H3,(H4,30,31,34)/t12-,14+,15-,16?,18+,19+,20-,21?,22+,23+,24+,26-,27?/m0/s1. The molecule has 2 aliphatic heterocycles. The SMILES string of the molecule is CN[C@@H]1[C@@H](O)[C@@H](O[C@H]2[C@H](CC(=O)C3(O)CC3N=C(N)N)C[C@H](N)C(O[C@H]3OC(CNCCO)=CC[C@H]3N)[C@@H]2O)OC[C@]1(C)O. The summed E-state index contributed by atoms with van der Waals surface area (Å²) in [6.07, 6.45) is -5.10. The van der Waals surface area contributed by atoms with Gasteiger partial charge in [0.1, 0.15) is 35.3 Å². The van der Waals surface area contributed by atoms with Crippen LogP contribution in [0.3, 0.4) is 0 Å². The number of hydrogen-bond donors (Lipinski definition) is 11. The Morgan fingerprint density at radius 3 is 2.50 bits per heavy atom. The molecule has 17 nitrogen and oxygen atoms in total. The fourth-order valence-corrected chi connectivity index (χ4v) is 6.26. The number of aliphatic imine (C=N–C) groups is 1. The van der Waals surface area contributed by atoms with Crippen LogP contribution in [0.25, 0.3) is 0 Å². The highest BCUT2D eigenvalue weighted by Gasteiger charge is 2.60. The molecule has 2 saturated carbocycles. The first kappa shape index (κ1) is 34.9. The van der Waals surface area contributed by atoms with Gasteiger partial charge >= 0.3 is 0 Å². The van der Waals surface area contributed by atoms with E-state index in [0.717, 1.165) is 0 Å². The summed E-state index contributed by atoms with van der Waals surface area (Å²) in [5.41, 5.74) is 20.4. The summed E-state index contributed by atoms with van der Waals surface area (Å²) in [4.78, 5) is 17.2. The Morgan fingerprint density at radius 2 is 1.84 bits per heavy atom. The van der Waals surface area contributed by atoms with Crippen LogP contribution in [0.4, 0.5) is 0 Å². The van der Waals surface area contributed by atoms with Crippen molar-refractivity contribution in [2.75, 3.05) is 33.4 Å². The minimum atomic E-state index is -1.76. The van der Waals surface area contributed by atoms with E-state index < -0.39 is 84.1 Å². The number of nitrogens with zero attached hydrogens (tertiary/aromatic N) is 1. The van der Waals surface area contributed by atoms with E-state index in [1.54, 1.807) is 7.05 Å². The average Bonchev–Trinajstić information content (AvgIpc) is 3.60. The Bertz CT molecular complexity index is 1060. The zero-order valence-corrected chi connectivity index (χ0v) is 25.1. The molecule has 44 heavy (non-hydrogen) atoms. The van der Waals surface area contributed by atoms with Crippen molar-refractivity contribution < 1.29 is 49.3 Å². The molecular weight excluding hydrogens is 582 g/mol. The van der Waals surface area contributed by atoms with E-state index in [-0.39, 0.29) is 38.4 Å². The van der Waals surface area contributed by atoms with Crippen LogP contribution in [0.1, 0.15) is 32.6 Å². The first-order chi connectivity index (χ1) is 20.7. The molecule has 4 rings (SSSR count). The van der Waals surface area contributed by atoms with Crippen molar-refractivity contribution in [3.8, 4) is 0 Å². The number of ether oxygens (including phenoxy) is 4. The summed E-state index contributed by atoms with van der Waals surface area (Å²) in [6.45, 7) is 1.98. The van der Waals surface area contributed by atoms with Gasteiger partial charge in [-0.25, -0.2) is 4.99 Å². The minimum absolute atomic E-state index is 0.0424. The zero-order valence-electron chi connectivity index (χ0n) is 25.1. The number of Topliss-reactive ketones (excluding diaryl/α,β-unsaturated/α-hetero) is 1. The second-order valence-corrected chi connectivity index (χ2v) is 12.4. The highest BCUT2D eigenvalue weighted by Crippen LogP contribution is 2.43. The molecule has 252 valence electrons. The predicted molar refractivity (Wildman–Crippen MR) is 155 cm³/mol. The Labute approximate surface area is 255 Å². The number of aliphatic hydroxyl groups excluding tert-OH is 3. The number of guanidine groups is 1. The fraction of sp³-hybridized carbons (Fsp3) is 0.852. The zero-order chi connectivity index (χ0) is 32.4. The van der Waals surface area contributed by atoms with Crippen molar-refractivity contribution in [3.63, 3.8) is 0 Å². The lowest BCUT2D eigenvalue weighted by molar-refractivity contribution is -0.308. The van der Waals surface area contributed by atoms with E-state index in [9.17, 15) is 25.2 Å². The topological polar surface area (TPSA) is 296 Å². The molecule has 0 aromatic carbocycles. The fourth-order valence-electron chi connectivity index (χ4n) is 6.26. The molecule has 3 fully saturated rings. The number of rotatable bonds is 13. The van der Waals surface area contributed by atoms with Gasteiger partial charge in [-0.1, -0.05) is 0 Å². The number of hydrogen-bond acceptors (Lipinski definition) is 15. The lowest BCUT2D eigenvalue weighted by atomic mass is 9.76. The molecule has 0 radical (unpaired) electrons. The van der Waals surface area contributed by atoms with E-state index >= 15 is 0 Å². The van der Waals surface area contributed by atoms with Crippen molar-refractivity contribution in [1.82, 2.24) is 10.6 Å². The second kappa shape index (κ2) is 14.2. The maximum atomic E-state index is 13.3. The first-order valence-corrected chi connectivity index (χ1v) is 14.9. The monoisotopic (exact) mass is 631 g/mol. The second-order valence-electron chi connectivity index (χ2n) is 12.4. The van der Waals surface area contributed by atoms with Gasteiger partial charge in [-0.3, -0.25) is 4.79 Å². The van der Waals surface area contributed by atoms with Gasteiger partial charge < -0.3 is 78.0 Å². The number of aliphatic hydroxyl groups is 5. The van der Waals surface area contributed by atoms with E-state index in [2.05, 4.69) is 15.6 Å². The molecule has 17 heteroatoms. The van der Waals surface area contributed by atoms with Gasteiger partial charge in [0, 0.05) is 25.4 Å². The van der Waals surface area contributed by atoms with Crippen LogP contribution in [0.2, 0.25) is 0 Å². The molecule has 13 atom stereocenters. The number of nitrogens with one attached hydrogen (secondary N) is 2. The summed E-state index contributed by atoms with van der Waals surface area (Å²) >= 11 is 0. The molecule has 2 aliphatic carbocycles. The molecule has 15 N–H and O–H groups in total. The number of likely N-dealkylation sites (N-methyl/N-ethyl adjacent to an activating group) is 1. The van der Waals surface area contributed by atoms with E-state index in [1.807, 2.05) is 6.08 Å². The van der Waals surface area contributed by atoms with Gasteiger partial charge in [-0.15, -0.1) is 0 Å². The third kappa shape index (κ3) is 7.68. The van der Waals surface area contributed by atoms with Gasteiger partial charge in [0.15, 0.2) is 18.0 Å². The summed E-state index contributed by atoms with van der Waals surface area (Å²) in [6, 6.07) is -2.99. The molecule has 0 spiro atoms. The minimum Gasteiger partial charge on any atom is -0.467 e. The summed E-state index contributed by atoms with van der Waals surface area (Å²) in [5, 5.41) is 59.1. The molecule has 0 aromatic heterocycles. The summed E-state index contributed by atoms with van der Waals surface area (Å²) < 4.78 is 23.9. The number of carbonyl (C=O) groups is 1. The largest absolute Gasteiger partial charge is 0.467 e. The quantitative estimate of drug-likeness (QED) is 0.0514. The van der Waals surface area contributed by atoms with E-state index in [0.29, 0.717) is 25.3 Å². The molecule has 0 amide bonds. The van der Waals surface area contributed by atoms with Crippen LogP contribution in [0.5, 0.6) is 0 Å². The Morgan fingerprint density at radius 1 is 1.14 bits per heavy atom. The lowest BCUT2D eigenvalue weighted by Crippen LogP contribution is -2.67. The van der Waals surface area contributed by atoms with Gasteiger partial charge in [0.2, 0.25) is 6.29 Å². The molecule has 3 unspecified atom stereocenters. The maximum absolute atomic E-state index is 13.3. The summed E-state index contributed by atoms with van der Waals surface area (Å²) in [5.74, 6) is -0.980.